The first-order chi connectivity index (χ1) is 12.2. The second-order valence-corrected chi connectivity index (χ2v) is 6.89. The number of alkyl carbamates (subject to hydrolysis) is 1. The molecular formula is C19H29NO6. The highest BCUT2D eigenvalue weighted by Gasteiger charge is 2.26. The van der Waals surface area contributed by atoms with E-state index in [2.05, 4.69) is 12.2 Å². The van der Waals surface area contributed by atoms with E-state index in [0.717, 1.165) is 12.8 Å². The molecule has 0 aliphatic carbocycles. The predicted molar refractivity (Wildman–Crippen MR) is 97.9 cm³/mol. The Bertz CT molecular complexity index is 609. The molecule has 1 amide bonds. The molecule has 0 unspecified atom stereocenters. The van der Waals surface area contributed by atoms with Gasteiger partial charge >= 0.3 is 12.1 Å². The predicted octanol–water partition coefficient (Wildman–Crippen LogP) is 3.39. The minimum absolute atomic E-state index is 0.0488. The topological polar surface area (TPSA) is 94.1 Å². The maximum atomic E-state index is 11.9. The summed E-state index contributed by atoms with van der Waals surface area (Å²) in [6.45, 7) is 7.69. The molecule has 1 atom stereocenters. The number of hydrogen-bond acceptors (Lipinski definition) is 5. The van der Waals surface area contributed by atoms with Gasteiger partial charge in [0.15, 0.2) is 11.5 Å². The summed E-state index contributed by atoms with van der Waals surface area (Å²) in [7, 11) is 1.53. The third-order valence-corrected chi connectivity index (χ3v) is 3.44. The van der Waals surface area contributed by atoms with E-state index in [1.807, 2.05) is 0 Å². The van der Waals surface area contributed by atoms with Crippen LogP contribution in [-0.2, 0) is 16.0 Å². The number of hydrogen-bond donors (Lipinski definition) is 2. The Morgan fingerprint density at radius 2 is 1.96 bits per heavy atom. The van der Waals surface area contributed by atoms with E-state index in [1.165, 1.54) is 7.11 Å². The summed E-state index contributed by atoms with van der Waals surface area (Å²) in [6.07, 6.45) is 1.12. The molecule has 146 valence electrons. The molecule has 0 spiro atoms. The van der Waals surface area contributed by atoms with Crippen molar-refractivity contribution in [3.63, 3.8) is 0 Å². The van der Waals surface area contributed by atoms with Crippen molar-refractivity contribution in [2.24, 2.45) is 0 Å². The molecule has 0 fully saturated rings. The fraction of sp³-hybridized carbons (Fsp3) is 0.579. The van der Waals surface area contributed by atoms with Crippen LogP contribution in [0.1, 0.15) is 46.1 Å². The normalized spacial score (nSPS) is 12.2. The number of amides is 1. The van der Waals surface area contributed by atoms with Gasteiger partial charge in [0.05, 0.1) is 13.7 Å². The van der Waals surface area contributed by atoms with Gasteiger partial charge in [0, 0.05) is 12.0 Å². The fourth-order valence-corrected chi connectivity index (χ4v) is 2.23. The van der Waals surface area contributed by atoms with E-state index in [4.69, 9.17) is 14.2 Å². The smallest absolute Gasteiger partial charge is 0.408 e. The van der Waals surface area contributed by atoms with Crippen LogP contribution in [0.2, 0.25) is 0 Å². The van der Waals surface area contributed by atoms with Gasteiger partial charge in [-0.1, -0.05) is 25.5 Å². The van der Waals surface area contributed by atoms with Gasteiger partial charge in [-0.2, -0.15) is 0 Å². The number of nitrogens with one attached hydrogen (secondary N) is 1. The van der Waals surface area contributed by atoms with Crippen LogP contribution < -0.4 is 14.8 Å². The van der Waals surface area contributed by atoms with Gasteiger partial charge in [0.25, 0.3) is 0 Å². The molecule has 0 bridgehead atoms. The average Bonchev–Trinajstić information content (AvgIpc) is 2.53. The SMILES string of the molecule is CCCCOc1c(C[C@H](NC(=O)OC(C)(C)C)C(=O)O)cccc1OC. The first-order valence-electron chi connectivity index (χ1n) is 8.69. The maximum Gasteiger partial charge on any atom is 0.408 e. The van der Waals surface area contributed by atoms with Crippen molar-refractivity contribution in [1.82, 2.24) is 5.32 Å². The summed E-state index contributed by atoms with van der Waals surface area (Å²) in [4.78, 5) is 23.5. The van der Waals surface area contributed by atoms with E-state index in [1.54, 1.807) is 39.0 Å². The molecule has 0 saturated heterocycles. The van der Waals surface area contributed by atoms with E-state index in [-0.39, 0.29) is 6.42 Å². The third-order valence-electron chi connectivity index (χ3n) is 3.44. The van der Waals surface area contributed by atoms with Gasteiger partial charge in [0.2, 0.25) is 0 Å². The Kier molecular flexibility index (Phi) is 8.22. The van der Waals surface area contributed by atoms with Crippen molar-refractivity contribution in [1.29, 1.82) is 0 Å². The van der Waals surface area contributed by atoms with E-state index >= 15 is 0 Å². The molecule has 0 saturated carbocycles. The number of carboxylic acid groups (broad SMARTS) is 1. The Hall–Kier alpha value is -2.44. The zero-order chi connectivity index (χ0) is 19.7. The lowest BCUT2D eigenvalue weighted by atomic mass is 10.0. The van der Waals surface area contributed by atoms with Crippen molar-refractivity contribution < 1.29 is 28.9 Å². The van der Waals surface area contributed by atoms with Crippen molar-refractivity contribution in [3.8, 4) is 11.5 Å². The molecule has 0 aromatic heterocycles. The third kappa shape index (κ3) is 7.21. The second-order valence-electron chi connectivity index (χ2n) is 6.89. The monoisotopic (exact) mass is 367 g/mol. The number of ether oxygens (including phenoxy) is 3. The minimum Gasteiger partial charge on any atom is -0.493 e. The standard InChI is InChI=1S/C19H29NO6/c1-6-7-11-25-16-13(9-8-10-15(16)24-5)12-14(17(21)22)20-18(23)26-19(2,3)4/h8-10,14H,6-7,11-12H2,1-5H3,(H,20,23)(H,21,22)/t14-/m0/s1. The first kappa shape index (κ1) is 21.6. The zero-order valence-corrected chi connectivity index (χ0v) is 16.1. The molecule has 7 nitrogen and oxygen atoms in total. The van der Waals surface area contributed by atoms with Crippen molar-refractivity contribution in [2.45, 2.75) is 58.6 Å². The fourth-order valence-electron chi connectivity index (χ4n) is 2.23. The minimum atomic E-state index is -1.15. The number of rotatable bonds is 9. The van der Waals surface area contributed by atoms with Crippen molar-refractivity contribution in [2.75, 3.05) is 13.7 Å². The summed E-state index contributed by atoms with van der Waals surface area (Å²) in [5, 5.41) is 11.9. The van der Waals surface area contributed by atoms with Crippen molar-refractivity contribution >= 4 is 12.1 Å². The van der Waals surface area contributed by atoms with Crippen LogP contribution in [0.25, 0.3) is 0 Å². The highest BCUT2D eigenvalue weighted by molar-refractivity contribution is 5.80. The molecule has 1 aromatic carbocycles. The molecule has 0 radical (unpaired) electrons. The van der Waals surface area contributed by atoms with Crippen LogP contribution in [0.3, 0.4) is 0 Å². The van der Waals surface area contributed by atoms with Gasteiger partial charge < -0.3 is 24.6 Å². The quantitative estimate of drug-likeness (QED) is 0.650. The number of carbonyl (C=O) groups is 2. The van der Waals surface area contributed by atoms with Crippen LogP contribution in [0, 0.1) is 0 Å². The lowest BCUT2D eigenvalue weighted by Crippen LogP contribution is -2.44. The number of carbonyl (C=O) groups excluding carboxylic acids is 1. The lowest BCUT2D eigenvalue weighted by molar-refractivity contribution is -0.139. The van der Waals surface area contributed by atoms with Crippen LogP contribution >= 0.6 is 0 Å². The molecule has 7 heteroatoms. The molecule has 1 rings (SSSR count). The van der Waals surface area contributed by atoms with Gasteiger partial charge in [-0.25, -0.2) is 9.59 Å². The highest BCUT2D eigenvalue weighted by Crippen LogP contribution is 2.32. The van der Waals surface area contributed by atoms with E-state index in [0.29, 0.717) is 23.7 Å². The van der Waals surface area contributed by atoms with E-state index < -0.39 is 23.7 Å². The van der Waals surface area contributed by atoms with Crippen molar-refractivity contribution in [3.05, 3.63) is 23.8 Å². The summed E-state index contributed by atoms with van der Waals surface area (Å²) in [5.41, 5.74) is -0.0683. The summed E-state index contributed by atoms with van der Waals surface area (Å²) < 4.78 is 16.3. The van der Waals surface area contributed by atoms with Crippen LogP contribution in [0.15, 0.2) is 18.2 Å². The van der Waals surface area contributed by atoms with Crippen LogP contribution in [0.5, 0.6) is 11.5 Å². The molecule has 26 heavy (non-hydrogen) atoms. The number of methoxy groups -OCH3 is 1. The number of para-hydroxylation sites is 1. The van der Waals surface area contributed by atoms with Gasteiger partial charge in [-0.15, -0.1) is 0 Å². The van der Waals surface area contributed by atoms with Gasteiger partial charge in [-0.05, 0) is 33.3 Å². The summed E-state index contributed by atoms with van der Waals surface area (Å²) >= 11 is 0. The number of unbranched alkanes of at least 4 members (excludes halogenated alkanes) is 1. The molecule has 0 heterocycles. The number of carboxylic acids is 1. The molecule has 1 aromatic rings. The molecule has 0 aliphatic heterocycles. The van der Waals surface area contributed by atoms with E-state index in [9.17, 15) is 14.7 Å². The number of aliphatic carboxylic acids is 1. The molecule has 0 aliphatic rings. The van der Waals surface area contributed by atoms with Crippen LogP contribution in [-0.4, -0.2) is 42.5 Å². The second kappa shape index (κ2) is 9.89. The Morgan fingerprint density at radius 1 is 1.27 bits per heavy atom. The van der Waals surface area contributed by atoms with Crippen LogP contribution in [0.4, 0.5) is 4.79 Å². The Morgan fingerprint density at radius 3 is 2.50 bits per heavy atom. The maximum absolute atomic E-state index is 11.9. The van der Waals surface area contributed by atoms with Gasteiger partial charge in [-0.3, -0.25) is 0 Å². The first-order valence-corrected chi connectivity index (χ1v) is 8.69. The molecule has 2 N–H and O–H groups in total. The Labute approximate surface area is 154 Å². The largest absolute Gasteiger partial charge is 0.493 e. The summed E-state index contributed by atoms with van der Waals surface area (Å²) in [6, 6.07) is 4.12. The number of benzene rings is 1. The summed E-state index contributed by atoms with van der Waals surface area (Å²) in [5.74, 6) is -0.126. The lowest BCUT2D eigenvalue weighted by Gasteiger charge is -2.22. The average molecular weight is 367 g/mol. The zero-order valence-electron chi connectivity index (χ0n) is 16.1. The molecular weight excluding hydrogens is 338 g/mol. The highest BCUT2D eigenvalue weighted by atomic mass is 16.6. The Balaban J connectivity index is 2.97. The van der Waals surface area contributed by atoms with Gasteiger partial charge in [0.1, 0.15) is 11.6 Å².